The van der Waals surface area contributed by atoms with Crippen molar-refractivity contribution < 1.29 is 14.7 Å². The van der Waals surface area contributed by atoms with Crippen LogP contribution in [0.3, 0.4) is 0 Å². The van der Waals surface area contributed by atoms with Crippen LogP contribution < -0.4 is 0 Å². The van der Waals surface area contributed by atoms with Gasteiger partial charge in [-0.05, 0) is 70.8 Å². The maximum atomic E-state index is 13.7. The van der Waals surface area contributed by atoms with E-state index < -0.39 is 11.3 Å². The average molecular weight is 425 g/mol. The number of aliphatic hydroxyl groups excluding tert-OH is 1. The van der Waals surface area contributed by atoms with E-state index in [0.717, 1.165) is 31.2 Å². The lowest BCUT2D eigenvalue weighted by Crippen LogP contribution is -2.61. The average Bonchev–Trinajstić information content (AvgIpc) is 2.89. The first-order valence-corrected chi connectivity index (χ1v) is 12.9. The van der Waals surface area contributed by atoms with Crippen LogP contribution in [0, 0.1) is 28.6 Å². The number of carbonyl (C=O) groups is 2. The van der Waals surface area contributed by atoms with Gasteiger partial charge in [0.15, 0.2) is 0 Å². The fourth-order valence-corrected chi connectivity index (χ4v) is 9.93. The van der Waals surface area contributed by atoms with E-state index in [9.17, 15) is 14.7 Å². The van der Waals surface area contributed by atoms with Gasteiger partial charge in [0.1, 0.15) is 50.8 Å². The van der Waals surface area contributed by atoms with Crippen molar-refractivity contribution in [3.05, 3.63) is 11.0 Å². The van der Waals surface area contributed by atoms with Crippen LogP contribution in [0.2, 0.25) is 21.5 Å². The Morgan fingerprint density at radius 2 is 1.75 bits per heavy atom. The van der Waals surface area contributed by atoms with Crippen LogP contribution in [-0.4, -0.2) is 85.5 Å². The standard InChI is InChI=1S/C21H38B8O3/c1-17-7-20(25,26)15(31)14(23)13(17)10(22)5-8-9-3-4-19(24,16(32)21(27,28)29)18(9,2)6-11(30)12(8)17/h8-12,30H,3-7,22-29H2,1-2H3/t8?,9?,10?,11-,12?,17+,18-,19-/m0/s1. The van der Waals surface area contributed by atoms with Crippen LogP contribution in [0.4, 0.5) is 0 Å². The second-order valence-corrected chi connectivity index (χ2v) is 14.4. The summed E-state index contributed by atoms with van der Waals surface area (Å²) in [7, 11) is 16.8. The third-order valence-corrected chi connectivity index (χ3v) is 10.9. The van der Waals surface area contributed by atoms with Crippen LogP contribution >= 0.6 is 0 Å². The van der Waals surface area contributed by atoms with Crippen LogP contribution in [0.15, 0.2) is 11.0 Å². The second kappa shape index (κ2) is 7.05. The van der Waals surface area contributed by atoms with E-state index in [0.29, 0.717) is 29.9 Å². The molecule has 0 aromatic carbocycles. The minimum absolute atomic E-state index is 0.155. The Kier molecular flexibility index (Phi) is 5.43. The van der Waals surface area contributed by atoms with Crippen molar-refractivity contribution in [3.8, 4) is 0 Å². The maximum absolute atomic E-state index is 13.7. The van der Waals surface area contributed by atoms with Gasteiger partial charge < -0.3 is 9.90 Å². The lowest BCUT2D eigenvalue weighted by atomic mass is 9.31. The molecule has 0 aromatic heterocycles. The van der Waals surface area contributed by atoms with Crippen LogP contribution in [0.1, 0.15) is 46.0 Å². The molecule has 11 heteroatoms. The van der Waals surface area contributed by atoms with Crippen molar-refractivity contribution in [2.75, 3.05) is 0 Å². The molecule has 1 N–H and O–H groups in total. The van der Waals surface area contributed by atoms with Crippen molar-refractivity contribution in [3.63, 3.8) is 0 Å². The minimum Gasteiger partial charge on any atom is -0.393 e. The number of ketones is 2. The summed E-state index contributed by atoms with van der Waals surface area (Å²) in [5, 5.41) is 10.7. The van der Waals surface area contributed by atoms with Gasteiger partial charge in [0.05, 0.1) is 29.6 Å². The first-order valence-electron chi connectivity index (χ1n) is 12.9. The summed E-state index contributed by atoms with van der Waals surface area (Å²) in [6.07, 6.45) is 4.11. The molecule has 0 heterocycles. The smallest absolute Gasteiger partial charge is 0.143 e. The molecule has 0 saturated heterocycles. The van der Waals surface area contributed by atoms with E-state index in [1.165, 1.54) is 5.57 Å². The van der Waals surface area contributed by atoms with Crippen LogP contribution in [-0.2, 0) is 9.59 Å². The van der Waals surface area contributed by atoms with Gasteiger partial charge in [-0.15, -0.1) is 0 Å². The van der Waals surface area contributed by atoms with Gasteiger partial charge in [-0.25, -0.2) is 0 Å². The predicted octanol–water partition coefficient (Wildman–Crippen LogP) is -4.19. The summed E-state index contributed by atoms with van der Waals surface area (Å²) in [4.78, 5) is 26.9. The zero-order valence-corrected chi connectivity index (χ0v) is 22.2. The molecular weight excluding hydrogens is 387 g/mol. The second-order valence-electron chi connectivity index (χ2n) is 14.4. The number of fused-ring (bicyclic) bond motifs is 5. The molecular formula is C21H38B8O3. The molecule has 8 atom stereocenters. The highest BCUT2D eigenvalue weighted by atomic mass is 16.3. The monoisotopic (exact) mass is 426 g/mol. The zero-order valence-electron chi connectivity index (χ0n) is 22.2. The van der Waals surface area contributed by atoms with Gasteiger partial charge in [-0.1, -0.05) is 31.0 Å². The summed E-state index contributed by atoms with van der Waals surface area (Å²) in [6, 6.07) is 0. The molecule has 0 aliphatic heterocycles. The molecule has 0 radical (unpaired) electrons. The third kappa shape index (κ3) is 3.01. The molecule has 4 unspecified atom stereocenters. The SMILES string of the molecule is BC1=C2C(B)CC3C([C@@H](O)C[C@@]4(C)C3CC[C@]4(B)C(=O)C(B)(B)B)[C@@]2(C)CC(B)(B)C1=O. The number of carbonyl (C=O) groups excluding carboxylic acids is 2. The van der Waals surface area contributed by atoms with Crippen molar-refractivity contribution >= 4 is 74.3 Å². The summed E-state index contributed by atoms with van der Waals surface area (Å²) >= 11 is 0. The lowest BCUT2D eigenvalue weighted by Gasteiger charge is -2.64. The van der Waals surface area contributed by atoms with Gasteiger partial charge >= 0.3 is 0 Å². The Hall–Kier alpha value is -0.441. The van der Waals surface area contributed by atoms with Crippen molar-refractivity contribution in [1.82, 2.24) is 0 Å². The molecule has 0 bridgehead atoms. The molecule has 4 aliphatic rings. The maximum Gasteiger partial charge on any atom is 0.143 e. The largest absolute Gasteiger partial charge is 0.393 e. The topological polar surface area (TPSA) is 54.4 Å². The number of aliphatic hydroxyl groups is 1. The number of hydrogen-bond donors (Lipinski definition) is 1. The Morgan fingerprint density at radius 1 is 1.16 bits per heavy atom. The Balaban J connectivity index is 1.82. The Labute approximate surface area is 202 Å². The van der Waals surface area contributed by atoms with E-state index in [1.54, 1.807) is 0 Å². The fourth-order valence-electron chi connectivity index (χ4n) is 9.93. The molecule has 164 valence electrons. The quantitative estimate of drug-likeness (QED) is 0.457. The van der Waals surface area contributed by atoms with Crippen molar-refractivity contribution in [2.45, 2.75) is 73.5 Å². The highest BCUT2D eigenvalue weighted by Crippen LogP contribution is 2.74. The fraction of sp³-hybridized carbons (Fsp3) is 0.810. The van der Waals surface area contributed by atoms with Crippen LogP contribution in [0.25, 0.3) is 0 Å². The number of allylic oxidation sites excluding steroid dienone is 1. The summed E-state index contributed by atoms with van der Waals surface area (Å²) in [5.74, 6) is 2.02. The predicted molar refractivity (Wildman–Crippen MR) is 153 cm³/mol. The third-order valence-electron chi connectivity index (χ3n) is 10.9. The highest BCUT2D eigenvalue weighted by molar-refractivity contribution is 6.70. The summed E-state index contributed by atoms with van der Waals surface area (Å²) < 4.78 is 0. The van der Waals surface area contributed by atoms with E-state index in [2.05, 4.69) is 45.2 Å². The van der Waals surface area contributed by atoms with Gasteiger partial charge in [0, 0.05) is 5.31 Å². The van der Waals surface area contributed by atoms with Gasteiger partial charge in [0.2, 0.25) is 0 Å². The first kappa shape index (κ1) is 24.7. The Bertz CT molecular complexity index is 913. The molecule has 32 heavy (non-hydrogen) atoms. The molecule has 3 saturated carbocycles. The lowest BCUT2D eigenvalue weighted by molar-refractivity contribution is -0.142. The van der Waals surface area contributed by atoms with E-state index in [-0.39, 0.29) is 33.0 Å². The Morgan fingerprint density at radius 3 is 2.31 bits per heavy atom. The molecule has 0 amide bonds. The molecule has 3 fully saturated rings. The molecule has 4 aliphatic carbocycles. The number of Topliss-reactive ketones (excluding diaryl/α,β-unsaturated/α-hetero) is 2. The van der Waals surface area contributed by atoms with E-state index in [4.69, 9.17) is 0 Å². The van der Waals surface area contributed by atoms with Crippen molar-refractivity contribution in [2.24, 2.45) is 28.6 Å². The van der Waals surface area contributed by atoms with Gasteiger partial charge in [0.25, 0.3) is 0 Å². The molecule has 3 nitrogen and oxygen atoms in total. The van der Waals surface area contributed by atoms with Crippen molar-refractivity contribution in [1.29, 1.82) is 0 Å². The highest BCUT2D eigenvalue weighted by Gasteiger charge is 2.68. The normalized spacial score (nSPS) is 48.0. The van der Waals surface area contributed by atoms with Crippen LogP contribution in [0.5, 0.6) is 0 Å². The van der Waals surface area contributed by atoms with Gasteiger partial charge in [-0.3, -0.25) is 4.79 Å². The van der Waals surface area contributed by atoms with E-state index >= 15 is 0 Å². The van der Waals surface area contributed by atoms with Gasteiger partial charge in [-0.2, -0.15) is 0 Å². The summed E-state index contributed by atoms with van der Waals surface area (Å²) in [6.45, 7) is 4.65. The summed E-state index contributed by atoms with van der Waals surface area (Å²) in [5.41, 5.74) is 1.94. The number of hydrogen-bond acceptors (Lipinski definition) is 3. The number of rotatable bonds is 2. The zero-order chi connectivity index (χ0) is 24.2. The molecule has 0 spiro atoms. The molecule has 4 rings (SSSR count). The van der Waals surface area contributed by atoms with E-state index in [1.807, 2.05) is 31.4 Å². The molecule has 0 aromatic rings. The first-order chi connectivity index (χ1) is 14.4. The minimum atomic E-state index is -0.434.